The molecule has 7 aliphatic rings. The average molecular weight is 541 g/mol. The van der Waals surface area contributed by atoms with Crippen LogP contribution in [0, 0.1) is 5.92 Å². The summed E-state index contributed by atoms with van der Waals surface area (Å²) in [7, 11) is 2.74. The van der Waals surface area contributed by atoms with Crippen LogP contribution in [-0.2, 0) is 42.6 Å². The van der Waals surface area contributed by atoms with Crippen molar-refractivity contribution in [2.45, 2.75) is 98.7 Å². The van der Waals surface area contributed by atoms with Crippen molar-refractivity contribution < 1.29 is 73.3 Å². The van der Waals surface area contributed by atoms with Crippen LogP contribution in [0.1, 0.15) is 13.8 Å². The molecule has 7 aliphatic heterocycles. The van der Waals surface area contributed by atoms with Gasteiger partial charge in [0.2, 0.25) is 11.6 Å². The Bertz CT molecular complexity index is 830. The summed E-state index contributed by atoms with van der Waals surface area (Å²) in [6, 6.07) is 0. The highest BCUT2D eigenvalue weighted by Crippen LogP contribution is 2.49. The van der Waals surface area contributed by atoms with Crippen LogP contribution in [0.5, 0.6) is 0 Å². The van der Waals surface area contributed by atoms with Gasteiger partial charge in [-0.2, -0.15) is 0 Å². The Morgan fingerprint density at radius 3 is 1.84 bits per heavy atom. The molecule has 0 aromatic carbocycles. The number of hydrogen-bond donors (Lipinski definition) is 6. The standard InChI is InChI=1S/C22H36O15/c1-8-17(33-16-13-10(26)18(30-4)36-22(16,7-25)35-13)31-9(5-23)14(20(8,2)28)32-19-11(27)12-15(29-3)21(6-24,34-12)37-19/h8-19,23-28H,5-7H2,1-4H3. The molecule has 7 heterocycles. The minimum absolute atomic E-state index is 0.559. The first kappa shape index (κ1) is 27.9. The van der Waals surface area contributed by atoms with E-state index in [1.165, 1.54) is 21.1 Å². The second-order valence-electron chi connectivity index (χ2n) is 10.3. The molecule has 0 aromatic rings. The SMILES string of the molecule is COC1OC2(CO)OC(C1O)C2OC1OC(CO)C(OC2OC3(CO)OC(C2O)C3OC)C(C)(O)C1C. The van der Waals surface area contributed by atoms with Crippen LogP contribution in [0.4, 0.5) is 0 Å². The maximum Gasteiger partial charge on any atom is 0.224 e. The molecule has 15 heteroatoms. The number of fused-ring (bicyclic) bond motifs is 4. The molecule has 0 aromatic heterocycles. The quantitative estimate of drug-likeness (QED) is 0.166. The molecule has 15 nitrogen and oxygen atoms in total. The van der Waals surface area contributed by atoms with Gasteiger partial charge in [-0.05, 0) is 6.92 Å². The fourth-order valence-electron chi connectivity index (χ4n) is 5.80. The summed E-state index contributed by atoms with van der Waals surface area (Å²) in [5.41, 5.74) is -1.70. The highest BCUT2D eigenvalue weighted by molar-refractivity contribution is 5.08. The lowest BCUT2D eigenvalue weighted by Gasteiger charge is -2.61. The van der Waals surface area contributed by atoms with Crippen LogP contribution < -0.4 is 0 Å². The van der Waals surface area contributed by atoms with Crippen LogP contribution in [-0.4, -0.2) is 150 Å². The largest absolute Gasteiger partial charge is 0.394 e. The number of rotatable bonds is 9. The van der Waals surface area contributed by atoms with Gasteiger partial charge in [-0.3, -0.25) is 0 Å². The van der Waals surface area contributed by atoms with E-state index < -0.39 is 111 Å². The van der Waals surface area contributed by atoms with Gasteiger partial charge in [-0.1, -0.05) is 6.92 Å². The number of aliphatic hydroxyl groups excluding tert-OH is 5. The van der Waals surface area contributed by atoms with E-state index in [1.54, 1.807) is 6.92 Å². The Morgan fingerprint density at radius 2 is 1.27 bits per heavy atom. The van der Waals surface area contributed by atoms with E-state index in [0.29, 0.717) is 0 Å². The molecule has 15 unspecified atom stereocenters. The molecule has 4 bridgehead atoms. The summed E-state index contributed by atoms with van der Waals surface area (Å²) in [4.78, 5) is 0. The smallest absolute Gasteiger partial charge is 0.224 e. The van der Waals surface area contributed by atoms with Crippen molar-refractivity contribution >= 4 is 0 Å². The number of aliphatic hydroxyl groups is 6. The van der Waals surface area contributed by atoms with Gasteiger partial charge in [-0.25, -0.2) is 0 Å². The number of hydrogen-bond acceptors (Lipinski definition) is 15. The van der Waals surface area contributed by atoms with Gasteiger partial charge in [0, 0.05) is 20.1 Å². The predicted octanol–water partition coefficient (Wildman–Crippen LogP) is -3.87. The predicted molar refractivity (Wildman–Crippen MR) is 114 cm³/mol. The molecule has 6 N–H and O–H groups in total. The summed E-state index contributed by atoms with van der Waals surface area (Å²) in [5.74, 6) is -3.92. The molecule has 0 spiro atoms. The lowest BCUT2D eigenvalue weighted by atomic mass is 9.79. The molecule has 0 saturated carbocycles. The van der Waals surface area contributed by atoms with E-state index in [9.17, 15) is 30.6 Å². The molecule has 214 valence electrons. The van der Waals surface area contributed by atoms with Gasteiger partial charge in [0.1, 0.15) is 62.0 Å². The maximum atomic E-state index is 11.5. The van der Waals surface area contributed by atoms with Crippen LogP contribution in [0.2, 0.25) is 0 Å². The van der Waals surface area contributed by atoms with E-state index in [1.807, 2.05) is 0 Å². The molecule has 15 atom stereocenters. The average Bonchev–Trinajstić information content (AvgIpc) is 2.87. The molecule has 7 fully saturated rings. The van der Waals surface area contributed by atoms with Gasteiger partial charge in [0.15, 0.2) is 18.9 Å². The van der Waals surface area contributed by atoms with Crippen LogP contribution >= 0.6 is 0 Å². The van der Waals surface area contributed by atoms with E-state index in [4.69, 9.17) is 42.6 Å². The first-order valence-electron chi connectivity index (χ1n) is 12.2. The topological polar surface area (TPSA) is 204 Å². The third-order valence-electron chi connectivity index (χ3n) is 8.22. The van der Waals surface area contributed by atoms with Crippen LogP contribution in [0.3, 0.4) is 0 Å². The molecular formula is C22H36O15. The minimum atomic E-state index is -1.70. The summed E-state index contributed by atoms with van der Waals surface area (Å²) in [5, 5.41) is 62.5. The highest BCUT2D eigenvalue weighted by atomic mass is 16.9. The normalized spacial score (nSPS) is 56.9. The van der Waals surface area contributed by atoms with Crippen molar-refractivity contribution in [2.75, 3.05) is 34.0 Å². The third-order valence-corrected chi connectivity index (χ3v) is 8.22. The number of methoxy groups -OCH3 is 2. The summed E-state index contributed by atoms with van der Waals surface area (Å²) in [6.45, 7) is 1.34. The molecule has 7 saturated heterocycles. The minimum Gasteiger partial charge on any atom is -0.394 e. The second-order valence-corrected chi connectivity index (χ2v) is 10.3. The van der Waals surface area contributed by atoms with Crippen molar-refractivity contribution in [1.82, 2.24) is 0 Å². The van der Waals surface area contributed by atoms with Gasteiger partial charge in [-0.15, -0.1) is 0 Å². The van der Waals surface area contributed by atoms with Crippen molar-refractivity contribution in [3.8, 4) is 0 Å². The van der Waals surface area contributed by atoms with Gasteiger partial charge < -0.3 is 73.3 Å². The van der Waals surface area contributed by atoms with Crippen molar-refractivity contribution in [3.63, 3.8) is 0 Å². The molecule has 0 aliphatic carbocycles. The zero-order valence-electron chi connectivity index (χ0n) is 20.9. The second kappa shape index (κ2) is 9.79. The Kier molecular flexibility index (Phi) is 7.40. The Morgan fingerprint density at radius 1 is 0.730 bits per heavy atom. The van der Waals surface area contributed by atoms with Crippen molar-refractivity contribution in [3.05, 3.63) is 0 Å². The highest BCUT2D eigenvalue weighted by Gasteiger charge is 2.70. The fourth-order valence-corrected chi connectivity index (χ4v) is 5.80. The van der Waals surface area contributed by atoms with E-state index in [-0.39, 0.29) is 0 Å². The third kappa shape index (κ3) is 4.00. The molecular weight excluding hydrogens is 504 g/mol. The van der Waals surface area contributed by atoms with E-state index in [2.05, 4.69) is 0 Å². The van der Waals surface area contributed by atoms with Crippen molar-refractivity contribution in [2.24, 2.45) is 5.92 Å². The zero-order valence-corrected chi connectivity index (χ0v) is 20.9. The first-order chi connectivity index (χ1) is 17.5. The van der Waals surface area contributed by atoms with Gasteiger partial charge in [0.25, 0.3) is 0 Å². The monoisotopic (exact) mass is 540 g/mol. The molecule has 0 radical (unpaired) electrons. The Labute approximate surface area is 212 Å². The summed E-state index contributed by atoms with van der Waals surface area (Å²) >= 11 is 0. The fraction of sp³-hybridized carbons (Fsp3) is 1.00. The van der Waals surface area contributed by atoms with Crippen LogP contribution in [0.15, 0.2) is 0 Å². The Hall–Kier alpha value is -0.600. The molecule has 37 heavy (non-hydrogen) atoms. The Balaban J connectivity index is 1.31. The lowest BCUT2D eigenvalue weighted by molar-refractivity contribution is -0.521. The van der Waals surface area contributed by atoms with Gasteiger partial charge in [0.05, 0.1) is 12.2 Å². The van der Waals surface area contributed by atoms with Crippen LogP contribution in [0.25, 0.3) is 0 Å². The van der Waals surface area contributed by atoms with E-state index >= 15 is 0 Å². The van der Waals surface area contributed by atoms with Crippen molar-refractivity contribution in [1.29, 1.82) is 0 Å². The summed E-state index contributed by atoms with van der Waals surface area (Å²) in [6.07, 6.45) is -11.8. The summed E-state index contributed by atoms with van der Waals surface area (Å²) < 4.78 is 50.6. The lowest BCUT2D eigenvalue weighted by Crippen LogP contribution is -2.80. The maximum absolute atomic E-state index is 11.5. The van der Waals surface area contributed by atoms with Gasteiger partial charge >= 0.3 is 0 Å². The first-order valence-corrected chi connectivity index (χ1v) is 12.2. The van der Waals surface area contributed by atoms with E-state index in [0.717, 1.165) is 0 Å². The zero-order chi connectivity index (χ0) is 26.9. The molecule has 7 rings (SSSR count). The molecule has 0 amide bonds. The number of ether oxygens (including phenoxy) is 9.